The highest BCUT2D eigenvalue weighted by molar-refractivity contribution is 5.89. The minimum absolute atomic E-state index is 0.0429. The van der Waals surface area contributed by atoms with Crippen LogP contribution in [0.3, 0.4) is 0 Å². The Balaban J connectivity index is 2.07. The second-order valence-corrected chi connectivity index (χ2v) is 7.75. The summed E-state index contributed by atoms with van der Waals surface area (Å²) < 4.78 is 0. The zero-order valence-corrected chi connectivity index (χ0v) is 16.4. The highest BCUT2D eigenvalue weighted by Gasteiger charge is 2.22. The van der Waals surface area contributed by atoms with Crippen molar-refractivity contribution in [2.45, 2.75) is 39.7 Å². The van der Waals surface area contributed by atoms with Gasteiger partial charge in [-0.1, -0.05) is 39.0 Å². The zero-order valence-electron chi connectivity index (χ0n) is 16.4. The van der Waals surface area contributed by atoms with Crippen molar-refractivity contribution >= 4 is 17.6 Å². The molecule has 3 amide bonds. The maximum Gasteiger partial charge on any atom is 0.319 e. The largest absolute Gasteiger partial charge is 0.359 e. The van der Waals surface area contributed by atoms with Gasteiger partial charge in [0.2, 0.25) is 5.91 Å². The summed E-state index contributed by atoms with van der Waals surface area (Å²) in [5, 5.41) is 8.49. The van der Waals surface area contributed by atoms with Crippen LogP contribution in [0.2, 0.25) is 0 Å². The van der Waals surface area contributed by atoms with E-state index < -0.39 is 0 Å². The molecule has 2 rings (SSSR count). The molecule has 0 aliphatic heterocycles. The number of carbonyl (C=O) groups is 2. The Morgan fingerprint density at radius 3 is 2.56 bits per heavy atom. The lowest BCUT2D eigenvalue weighted by molar-refractivity contribution is -0.119. The van der Waals surface area contributed by atoms with Crippen LogP contribution in [0.4, 0.5) is 10.5 Å². The average Bonchev–Trinajstić information content (AvgIpc) is 2.61. The fraction of sp³-hybridized carbons (Fsp3) is 0.381. The van der Waals surface area contributed by atoms with Crippen molar-refractivity contribution in [3.05, 3.63) is 59.9 Å². The normalized spacial score (nSPS) is 12.1. The Morgan fingerprint density at radius 2 is 1.93 bits per heavy atom. The maximum absolute atomic E-state index is 12.5. The third-order valence-corrected chi connectivity index (χ3v) is 4.04. The molecule has 0 fully saturated rings. The van der Waals surface area contributed by atoms with E-state index in [1.165, 1.54) is 0 Å². The molecule has 6 heteroatoms. The monoisotopic (exact) mass is 368 g/mol. The second-order valence-electron chi connectivity index (χ2n) is 7.75. The summed E-state index contributed by atoms with van der Waals surface area (Å²) in [4.78, 5) is 28.2. The Morgan fingerprint density at radius 1 is 1.15 bits per heavy atom. The van der Waals surface area contributed by atoms with Crippen LogP contribution in [0.1, 0.15) is 44.4 Å². The van der Waals surface area contributed by atoms with E-state index in [9.17, 15) is 9.59 Å². The lowest BCUT2D eigenvalue weighted by Gasteiger charge is -2.27. The van der Waals surface area contributed by atoms with Gasteiger partial charge in [0.15, 0.2) is 0 Å². The van der Waals surface area contributed by atoms with Crippen molar-refractivity contribution in [1.29, 1.82) is 0 Å². The van der Waals surface area contributed by atoms with E-state index in [-0.39, 0.29) is 29.8 Å². The fourth-order valence-corrected chi connectivity index (χ4v) is 2.80. The summed E-state index contributed by atoms with van der Waals surface area (Å²) in [6.07, 6.45) is 4.55. The summed E-state index contributed by atoms with van der Waals surface area (Å²) in [5.41, 5.74) is 2.50. The van der Waals surface area contributed by atoms with Gasteiger partial charge in [-0.05, 0) is 41.2 Å². The molecule has 2 aromatic rings. The van der Waals surface area contributed by atoms with Gasteiger partial charge in [0.25, 0.3) is 0 Å². The number of hydrogen-bond acceptors (Lipinski definition) is 3. The van der Waals surface area contributed by atoms with Gasteiger partial charge in [0, 0.05) is 25.1 Å². The van der Waals surface area contributed by atoms with Crippen molar-refractivity contribution in [1.82, 2.24) is 15.6 Å². The van der Waals surface area contributed by atoms with E-state index in [0.717, 1.165) is 17.5 Å². The lowest BCUT2D eigenvalue weighted by Crippen LogP contribution is -2.34. The molecule has 0 saturated carbocycles. The highest BCUT2D eigenvalue weighted by Crippen LogP contribution is 2.29. The predicted molar refractivity (Wildman–Crippen MR) is 107 cm³/mol. The van der Waals surface area contributed by atoms with Crippen molar-refractivity contribution in [3.8, 4) is 0 Å². The average molecular weight is 368 g/mol. The number of carbonyl (C=O) groups excluding carboxylic acids is 2. The van der Waals surface area contributed by atoms with E-state index in [1.54, 1.807) is 31.6 Å². The topological polar surface area (TPSA) is 83.1 Å². The summed E-state index contributed by atoms with van der Waals surface area (Å²) in [6, 6.07) is 10.7. The summed E-state index contributed by atoms with van der Waals surface area (Å²) in [6.45, 7) is 6.41. The minimum atomic E-state index is -0.287. The molecule has 0 aliphatic carbocycles. The number of nitrogens with one attached hydrogen (secondary N) is 3. The number of rotatable bonds is 6. The molecule has 1 atom stereocenters. The van der Waals surface area contributed by atoms with Gasteiger partial charge < -0.3 is 16.0 Å². The number of hydrogen-bond donors (Lipinski definition) is 3. The quantitative estimate of drug-likeness (QED) is 0.727. The van der Waals surface area contributed by atoms with Crippen LogP contribution in [0.15, 0.2) is 48.8 Å². The second kappa shape index (κ2) is 9.16. The smallest absolute Gasteiger partial charge is 0.319 e. The molecular weight excluding hydrogens is 340 g/mol. The van der Waals surface area contributed by atoms with Gasteiger partial charge in [-0.3, -0.25) is 9.78 Å². The van der Waals surface area contributed by atoms with Crippen LogP contribution >= 0.6 is 0 Å². The predicted octanol–water partition coefficient (Wildman–Crippen LogP) is 3.67. The van der Waals surface area contributed by atoms with Crippen LogP contribution in [-0.4, -0.2) is 24.0 Å². The summed E-state index contributed by atoms with van der Waals surface area (Å²) in [5.74, 6) is -0.0709. The molecule has 1 heterocycles. The first-order chi connectivity index (χ1) is 12.8. The Kier molecular flexibility index (Phi) is 6.93. The lowest BCUT2D eigenvalue weighted by atomic mass is 9.86. The molecule has 0 aliphatic rings. The van der Waals surface area contributed by atoms with Gasteiger partial charge in [0.1, 0.15) is 0 Å². The van der Waals surface area contributed by atoms with Gasteiger partial charge in [-0.25, -0.2) is 4.79 Å². The van der Waals surface area contributed by atoms with E-state index in [0.29, 0.717) is 5.69 Å². The van der Waals surface area contributed by atoms with Crippen LogP contribution in [-0.2, 0) is 11.2 Å². The molecule has 144 valence electrons. The van der Waals surface area contributed by atoms with E-state index in [4.69, 9.17) is 0 Å². The molecular formula is C21H28N4O2. The van der Waals surface area contributed by atoms with Crippen molar-refractivity contribution in [3.63, 3.8) is 0 Å². The number of likely N-dealkylation sites (N-methyl/N-ethyl adjacent to an activating group) is 1. The molecule has 27 heavy (non-hydrogen) atoms. The van der Waals surface area contributed by atoms with Crippen molar-refractivity contribution < 1.29 is 9.59 Å². The van der Waals surface area contributed by atoms with Crippen LogP contribution < -0.4 is 16.0 Å². The highest BCUT2D eigenvalue weighted by atomic mass is 16.2. The molecule has 0 spiro atoms. The fourth-order valence-electron chi connectivity index (χ4n) is 2.80. The SMILES string of the molecule is CNC(=O)Cc1cccc(NC(=O)N[C@@H](CC(C)(C)C)c2cccnc2)c1. The maximum atomic E-state index is 12.5. The molecule has 3 N–H and O–H groups in total. The Labute approximate surface area is 160 Å². The van der Waals surface area contributed by atoms with E-state index >= 15 is 0 Å². The molecule has 0 radical (unpaired) electrons. The third kappa shape index (κ3) is 7.09. The number of pyridine rings is 1. The van der Waals surface area contributed by atoms with Crippen molar-refractivity contribution in [2.24, 2.45) is 5.41 Å². The first kappa shape index (κ1) is 20.4. The number of aromatic nitrogens is 1. The third-order valence-electron chi connectivity index (χ3n) is 4.04. The van der Waals surface area contributed by atoms with Gasteiger partial charge in [-0.15, -0.1) is 0 Å². The van der Waals surface area contributed by atoms with Crippen molar-refractivity contribution in [2.75, 3.05) is 12.4 Å². The molecule has 1 aromatic carbocycles. The van der Waals surface area contributed by atoms with Gasteiger partial charge in [-0.2, -0.15) is 0 Å². The molecule has 6 nitrogen and oxygen atoms in total. The van der Waals surface area contributed by atoms with Crippen LogP contribution in [0.5, 0.6) is 0 Å². The molecule has 0 unspecified atom stereocenters. The molecule has 0 bridgehead atoms. The number of urea groups is 1. The van der Waals surface area contributed by atoms with E-state index in [2.05, 4.69) is 41.7 Å². The molecule has 0 saturated heterocycles. The standard InChI is InChI=1S/C21H28N4O2/c1-21(2,3)13-18(16-8-6-10-23-14-16)25-20(27)24-17-9-5-7-15(11-17)12-19(26)22-4/h5-11,14,18H,12-13H2,1-4H3,(H,22,26)(H2,24,25,27)/t18-/m0/s1. The summed E-state index contributed by atoms with van der Waals surface area (Å²) in [7, 11) is 1.60. The van der Waals surface area contributed by atoms with Gasteiger partial charge >= 0.3 is 6.03 Å². The number of amides is 3. The van der Waals surface area contributed by atoms with Gasteiger partial charge in [0.05, 0.1) is 12.5 Å². The summed E-state index contributed by atoms with van der Waals surface area (Å²) >= 11 is 0. The molecule has 1 aromatic heterocycles. The number of anilines is 1. The first-order valence-electron chi connectivity index (χ1n) is 9.04. The first-order valence-corrected chi connectivity index (χ1v) is 9.04. The minimum Gasteiger partial charge on any atom is -0.359 e. The number of benzene rings is 1. The van der Waals surface area contributed by atoms with Crippen LogP contribution in [0, 0.1) is 5.41 Å². The van der Waals surface area contributed by atoms with Crippen LogP contribution in [0.25, 0.3) is 0 Å². The number of nitrogens with zero attached hydrogens (tertiary/aromatic N) is 1. The Bertz CT molecular complexity index is 769. The zero-order chi connectivity index (χ0) is 19.9. The van der Waals surface area contributed by atoms with E-state index in [1.807, 2.05) is 24.3 Å². The Hall–Kier alpha value is -2.89.